The molecule has 0 amide bonds. The topological polar surface area (TPSA) is 50.9 Å². The van der Waals surface area contributed by atoms with E-state index in [-0.39, 0.29) is 0 Å². The standard InChI is InChI=1S/C14H13N3OS/c1-10-14(19-9-15-10)13(18)12-7-8-16-17(12)11-5-3-2-4-6-11/h2-9,13,18H,1H3. The number of nitrogens with zero attached hydrogens (tertiary/aromatic N) is 3. The largest absolute Gasteiger partial charge is 0.381 e. The number of hydrogen-bond donors (Lipinski definition) is 1. The second-order valence-corrected chi connectivity index (χ2v) is 5.09. The fraction of sp³-hybridized carbons (Fsp3) is 0.143. The lowest BCUT2D eigenvalue weighted by atomic mass is 10.2. The zero-order valence-electron chi connectivity index (χ0n) is 10.4. The van der Waals surface area contributed by atoms with Crippen LogP contribution in [0, 0.1) is 6.92 Å². The van der Waals surface area contributed by atoms with Crippen molar-refractivity contribution < 1.29 is 5.11 Å². The predicted molar refractivity (Wildman–Crippen MR) is 74.5 cm³/mol. The Labute approximate surface area is 115 Å². The third-order valence-electron chi connectivity index (χ3n) is 2.98. The van der Waals surface area contributed by atoms with E-state index >= 15 is 0 Å². The Hall–Kier alpha value is -1.98. The number of aliphatic hydroxyl groups is 1. The zero-order valence-corrected chi connectivity index (χ0v) is 11.2. The summed E-state index contributed by atoms with van der Waals surface area (Å²) < 4.78 is 1.75. The van der Waals surface area contributed by atoms with E-state index in [1.54, 1.807) is 16.4 Å². The Morgan fingerprint density at radius 1 is 1.21 bits per heavy atom. The van der Waals surface area contributed by atoms with Gasteiger partial charge in [0.2, 0.25) is 0 Å². The maximum atomic E-state index is 10.5. The second kappa shape index (κ2) is 4.95. The van der Waals surface area contributed by atoms with E-state index in [9.17, 15) is 5.11 Å². The van der Waals surface area contributed by atoms with Gasteiger partial charge in [0.1, 0.15) is 6.10 Å². The molecule has 96 valence electrons. The lowest BCUT2D eigenvalue weighted by molar-refractivity contribution is 0.215. The third kappa shape index (κ3) is 2.18. The highest BCUT2D eigenvalue weighted by atomic mass is 32.1. The van der Waals surface area contributed by atoms with Crippen LogP contribution in [0.1, 0.15) is 22.4 Å². The lowest BCUT2D eigenvalue weighted by Gasteiger charge is -2.12. The van der Waals surface area contributed by atoms with Crippen LogP contribution in [0.3, 0.4) is 0 Å². The molecule has 1 atom stereocenters. The van der Waals surface area contributed by atoms with Gasteiger partial charge in [-0.1, -0.05) is 18.2 Å². The molecular weight excluding hydrogens is 258 g/mol. The first-order chi connectivity index (χ1) is 9.27. The Kier molecular flexibility index (Phi) is 3.15. The van der Waals surface area contributed by atoms with Crippen molar-refractivity contribution in [2.24, 2.45) is 0 Å². The van der Waals surface area contributed by atoms with Crippen molar-refractivity contribution in [1.82, 2.24) is 14.8 Å². The van der Waals surface area contributed by atoms with Gasteiger partial charge >= 0.3 is 0 Å². The van der Waals surface area contributed by atoms with Crippen LogP contribution in [-0.2, 0) is 0 Å². The minimum Gasteiger partial charge on any atom is -0.381 e. The molecule has 0 aliphatic carbocycles. The van der Waals surface area contributed by atoms with Crippen molar-refractivity contribution in [2.75, 3.05) is 0 Å². The molecule has 5 heteroatoms. The van der Waals surface area contributed by atoms with Gasteiger partial charge in [0.25, 0.3) is 0 Å². The first-order valence-corrected chi connectivity index (χ1v) is 6.82. The minimum absolute atomic E-state index is 0.699. The van der Waals surface area contributed by atoms with Gasteiger partial charge in [0.05, 0.1) is 27.5 Å². The molecule has 19 heavy (non-hydrogen) atoms. The van der Waals surface area contributed by atoms with E-state index in [1.807, 2.05) is 43.3 Å². The van der Waals surface area contributed by atoms with Gasteiger partial charge < -0.3 is 5.11 Å². The van der Waals surface area contributed by atoms with Crippen LogP contribution < -0.4 is 0 Å². The highest BCUT2D eigenvalue weighted by Crippen LogP contribution is 2.28. The predicted octanol–water partition coefficient (Wildman–Crippen LogP) is 2.72. The summed E-state index contributed by atoms with van der Waals surface area (Å²) in [6.45, 7) is 1.90. The van der Waals surface area contributed by atoms with Crippen molar-refractivity contribution in [3.63, 3.8) is 0 Å². The van der Waals surface area contributed by atoms with Crippen LogP contribution in [-0.4, -0.2) is 19.9 Å². The molecule has 4 nitrogen and oxygen atoms in total. The summed E-state index contributed by atoms with van der Waals surface area (Å²) >= 11 is 1.46. The van der Waals surface area contributed by atoms with E-state index in [4.69, 9.17) is 0 Å². The molecule has 1 unspecified atom stereocenters. The average molecular weight is 271 g/mol. The molecule has 0 aliphatic rings. The summed E-state index contributed by atoms with van der Waals surface area (Å²) in [6.07, 6.45) is 0.997. The van der Waals surface area contributed by atoms with E-state index in [2.05, 4.69) is 10.1 Å². The van der Waals surface area contributed by atoms with Gasteiger partial charge in [0, 0.05) is 6.20 Å². The molecule has 0 fully saturated rings. The highest BCUT2D eigenvalue weighted by Gasteiger charge is 2.19. The molecule has 0 aliphatic heterocycles. The minimum atomic E-state index is -0.699. The van der Waals surface area contributed by atoms with Gasteiger partial charge in [-0.05, 0) is 25.1 Å². The Morgan fingerprint density at radius 2 is 2.00 bits per heavy atom. The Balaban J connectivity index is 2.04. The van der Waals surface area contributed by atoms with Crippen molar-refractivity contribution >= 4 is 11.3 Å². The van der Waals surface area contributed by atoms with E-state index < -0.39 is 6.10 Å². The highest BCUT2D eigenvalue weighted by molar-refractivity contribution is 7.09. The normalized spacial score (nSPS) is 12.5. The van der Waals surface area contributed by atoms with Gasteiger partial charge in [-0.15, -0.1) is 11.3 Å². The molecule has 0 radical (unpaired) electrons. The average Bonchev–Trinajstić information content (AvgIpc) is 3.07. The summed E-state index contributed by atoms with van der Waals surface area (Å²) in [7, 11) is 0. The van der Waals surface area contributed by atoms with Crippen LogP contribution in [0.4, 0.5) is 0 Å². The molecule has 2 aromatic heterocycles. The van der Waals surface area contributed by atoms with Crippen molar-refractivity contribution in [1.29, 1.82) is 0 Å². The maximum absolute atomic E-state index is 10.5. The number of thiazole rings is 1. The van der Waals surface area contributed by atoms with E-state index in [0.717, 1.165) is 22.0 Å². The van der Waals surface area contributed by atoms with E-state index in [0.29, 0.717) is 0 Å². The SMILES string of the molecule is Cc1ncsc1C(O)c1ccnn1-c1ccccc1. The quantitative estimate of drug-likeness (QED) is 0.797. The van der Waals surface area contributed by atoms with Crippen LogP contribution in [0.15, 0.2) is 48.1 Å². The van der Waals surface area contributed by atoms with Crippen LogP contribution in [0.5, 0.6) is 0 Å². The maximum Gasteiger partial charge on any atom is 0.132 e. The summed E-state index contributed by atoms with van der Waals surface area (Å²) in [5.41, 5.74) is 4.29. The lowest BCUT2D eigenvalue weighted by Crippen LogP contribution is -2.08. The van der Waals surface area contributed by atoms with Gasteiger partial charge in [-0.2, -0.15) is 5.10 Å². The fourth-order valence-electron chi connectivity index (χ4n) is 2.01. The Bertz CT molecular complexity index is 675. The molecule has 3 aromatic rings. The Morgan fingerprint density at radius 3 is 2.68 bits per heavy atom. The van der Waals surface area contributed by atoms with Crippen molar-refractivity contribution in [2.45, 2.75) is 13.0 Å². The molecule has 0 saturated carbocycles. The fourth-order valence-corrected chi connectivity index (χ4v) is 2.81. The van der Waals surface area contributed by atoms with Crippen LogP contribution in [0.25, 0.3) is 5.69 Å². The number of aromatic nitrogens is 3. The number of aryl methyl sites for hydroxylation is 1. The number of hydrogen-bond acceptors (Lipinski definition) is 4. The number of benzene rings is 1. The molecule has 1 aromatic carbocycles. The summed E-state index contributed by atoms with van der Waals surface area (Å²) in [5, 5.41) is 14.8. The number of aliphatic hydroxyl groups excluding tert-OH is 1. The van der Waals surface area contributed by atoms with Gasteiger partial charge in [-0.25, -0.2) is 9.67 Å². The summed E-state index contributed by atoms with van der Waals surface area (Å²) in [5.74, 6) is 0. The van der Waals surface area contributed by atoms with E-state index in [1.165, 1.54) is 11.3 Å². The van der Waals surface area contributed by atoms with Gasteiger partial charge in [-0.3, -0.25) is 0 Å². The molecule has 3 rings (SSSR count). The smallest absolute Gasteiger partial charge is 0.132 e. The van der Waals surface area contributed by atoms with Gasteiger partial charge in [0.15, 0.2) is 0 Å². The third-order valence-corrected chi connectivity index (χ3v) is 3.97. The number of para-hydroxylation sites is 1. The molecular formula is C14H13N3OS. The number of rotatable bonds is 3. The second-order valence-electron chi connectivity index (χ2n) is 4.21. The zero-order chi connectivity index (χ0) is 13.2. The summed E-state index contributed by atoms with van der Waals surface area (Å²) in [4.78, 5) is 5.04. The molecule has 1 N–H and O–H groups in total. The first-order valence-electron chi connectivity index (χ1n) is 5.95. The van der Waals surface area contributed by atoms with Crippen LogP contribution >= 0.6 is 11.3 Å². The molecule has 2 heterocycles. The molecule has 0 saturated heterocycles. The van der Waals surface area contributed by atoms with Crippen molar-refractivity contribution in [3.05, 3.63) is 64.4 Å². The van der Waals surface area contributed by atoms with Crippen LogP contribution in [0.2, 0.25) is 0 Å². The molecule has 0 spiro atoms. The first kappa shape index (κ1) is 12.1. The van der Waals surface area contributed by atoms with Crippen molar-refractivity contribution in [3.8, 4) is 5.69 Å². The summed E-state index contributed by atoms with van der Waals surface area (Å²) in [6, 6.07) is 11.6. The molecule has 0 bridgehead atoms. The monoisotopic (exact) mass is 271 g/mol.